The molecule has 2 heterocycles. The van der Waals surface area contributed by atoms with Crippen molar-refractivity contribution in [2.24, 2.45) is 4.99 Å². The molecule has 0 N–H and O–H groups in total. The number of hydrogen-bond donors (Lipinski definition) is 0. The van der Waals surface area contributed by atoms with E-state index in [9.17, 15) is 24.5 Å². The number of carbonyl (C=O) groups excluding carboxylic acids is 2. The van der Waals surface area contributed by atoms with Gasteiger partial charge in [-0.25, -0.2) is 14.6 Å². The molecule has 0 saturated carbocycles. The minimum atomic E-state index is -0.976. The van der Waals surface area contributed by atoms with E-state index in [0.717, 1.165) is 16.9 Å². The molecule has 0 saturated heterocycles. The highest BCUT2D eigenvalue weighted by Gasteiger charge is 2.34. The smallest absolute Gasteiger partial charge is 0.343 e. The molecule has 0 aliphatic carbocycles. The first kappa shape index (κ1) is 36.0. The van der Waals surface area contributed by atoms with Gasteiger partial charge in [-0.1, -0.05) is 47.7 Å². The van der Waals surface area contributed by atoms with Crippen molar-refractivity contribution in [2.45, 2.75) is 33.4 Å². The van der Waals surface area contributed by atoms with E-state index < -0.39 is 28.5 Å². The van der Waals surface area contributed by atoms with Crippen LogP contribution in [-0.4, -0.2) is 48.4 Å². The molecule has 0 amide bonds. The number of esters is 2. The number of nitro groups is 1. The van der Waals surface area contributed by atoms with E-state index in [1.807, 2.05) is 30.3 Å². The standard InChI is InChI=1S/C35H32BrN3O10S/c1-5-46-27-17-23(12-13-26(27)48-19-29(40)45-4)31-30(34(42)47-6-2)20(3)37-35-38(31)33(41)28(50-35)16-22-14-24(36)32(25(15-22)39(43)44)49-18-21-10-8-7-9-11-21/h7-17,31H,5-6,18-19H2,1-4H3/b28-16+/t31-/m0/s1. The number of allylic oxidation sites excluding steroid dienone is 1. The molecule has 50 heavy (non-hydrogen) atoms. The predicted molar refractivity (Wildman–Crippen MR) is 187 cm³/mol. The molecule has 0 fully saturated rings. The van der Waals surface area contributed by atoms with Gasteiger partial charge in [0.15, 0.2) is 22.9 Å². The van der Waals surface area contributed by atoms with Gasteiger partial charge in [-0.2, -0.15) is 0 Å². The number of hydrogen-bond acceptors (Lipinski definition) is 12. The molecule has 1 atom stereocenters. The van der Waals surface area contributed by atoms with Gasteiger partial charge in [0.1, 0.15) is 6.61 Å². The van der Waals surface area contributed by atoms with Crippen LogP contribution in [0.3, 0.4) is 0 Å². The minimum absolute atomic E-state index is 0.0521. The highest BCUT2D eigenvalue weighted by molar-refractivity contribution is 9.10. The Balaban J connectivity index is 1.61. The van der Waals surface area contributed by atoms with Crippen LogP contribution in [0.25, 0.3) is 6.08 Å². The Labute approximate surface area is 298 Å². The number of ether oxygens (including phenoxy) is 5. The van der Waals surface area contributed by atoms with Gasteiger partial charge in [0, 0.05) is 6.07 Å². The molecule has 0 spiro atoms. The van der Waals surface area contributed by atoms with E-state index in [1.54, 1.807) is 45.0 Å². The highest BCUT2D eigenvalue weighted by atomic mass is 79.9. The van der Waals surface area contributed by atoms with Crippen LogP contribution in [-0.2, 0) is 25.7 Å². The fourth-order valence-electron chi connectivity index (χ4n) is 5.23. The summed E-state index contributed by atoms with van der Waals surface area (Å²) in [4.78, 5) is 55.7. The summed E-state index contributed by atoms with van der Waals surface area (Å²) in [6, 6.07) is 16.1. The lowest BCUT2D eigenvalue weighted by atomic mass is 9.95. The molecule has 4 aromatic rings. The first-order chi connectivity index (χ1) is 24.1. The van der Waals surface area contributed by atoms with Gasteiger partial charge in [0.2, 0.25) is 5.75 Å². The fraction of sp³-hybridized carbons (Fsp3) is 0.257. The Hall–Kier alpha value is -5.28. The number of nitrogens with zero attached hydrogens (tertiary/aromatic N) is 3. The molecule has 5 rings (SSSR count). The van der Waals surface area contributed by atoms with Crippen LogP contribution in [0, 0.1) is 10.1 Å². The minimum Gasteiger partial charge on any atom is -0.490 e. The van der Waals surface area contributed by atoms with Crippen molar-refractivity contribution in [3.8, 4) is 17.2 Å². The highest BCUT2D eigenvalue weighted by Crippen LogP contribution is 2.38. The topological polar surface area (TPSA) is 158 Å². The maximum atomic E-state index is 14.2. The lowest BCUT2D eigenvalue weighted by Gasteiger charge is -2.25. The summed E-state index contributed by atoms with van der Waals surface area (Å²) >= 11 is 4.48. The molecule has 0 bridgehead atoms. The maximum absolute atomic E-state index is 14.2. The monoisotopic (exact) mass is 765 g/mol. The van der Waals surface area contributed by atoms with E-state index >= 15 is 0 Å². The third-order valence-corrected chi connectivity index (χ3v) is 9.01. The summed E-state index contributed by atoms with van der Waals surface area (Å²) in [5, 5.41) is 12.1. The number of benzene rings is 3. The van der Waals surface area contributed by atoms with Crippen molar-refractivity contribution in [1.29, 1.82) is 0 Å². The number of halogens is 1. The zero-order valence-electron chi connectivity index (χ0n) is 27.5. The number of fused-ring (bicyclic) bond motifs is 1. The number of methoxy groups -OCH3 is 1. The second-order valence-electron chi connectivity index (χ2n) is 10.7. The SMILES string of the molecule is CCOC(=O)C1=C(C)N=c2s/c(=C/c3cc(Br)c(OCc4ccccc4)c([N+](=O)[O-])c3)c(=O)n2[C@H]1c1ccc(OCC(=O)OC)c(OCC)c1. The molecular formula is C35H32BrN3O10S. The van der Waals surface area contributed by atoms with E-state index in [4.69, 9.17) is 18.9 Å². The Morgan fingerprint density at radius 2 is 1.80 bits per heavy atom. The van der Waals surface area contributed by atoms with E-state index in [0.29, 0.717) is 26.1 Å². The molecule has 0 unspecified atom stereocenters. The van der Waals surface area contributed by atoms with Crippen LogP contribution in [0.4, 0.5) is 5.69 Å². The van der Waals surface area contributed by atoms with E-state index in [-0.39, 0.29) is 59.5 Å². The largest absolute Gasteiger partial charge is 0.490 e. The van der Waals surface area contributed by atoms with Gasteiger partial charge in [0.05, 0.1) is 51.6 Å². The van der Waals surface area contributed by atoms with Crippen LogP contribution >= 0.6 is 27.3 Å². The van der Waals surface area contributed by atoms with Crippen LogP contribution in [0.15, 0.2) is 86.2 Å². The molecule has 1 aromatic heterocycles. The predicted octanol–water partition coefficient (Wildman–Crippen LogP) is 5.00. The summed E-state index contributed by atoms with van der Waals surface area (Å²) in [5.41, 5.74) is 1.42. The van der Waals surface area contributed by atoms with Crippen LogP contribution in [0.1, 0.15) is 43.5 Å². The van der Waals surface area contributed by atoms with Gasteiger partial charge in [-0.05, 0) is 77.7 Å². The van der Waals surface area contributed by atoms with Crippen LogP contribution in [0.2, 0.25) is 0 Å². The van der Waals surface area contributed by atoms with Gasteiger partial charge < -0.3 is 23.7 Å². The Morgan fingerprint density at radius 3 is 2.48 bits per heavy atom. The molecular weight excluding hydrogens is 734 g/mol. The summed E-state index contributed by atoms with van der Waals surface area (Å²) in [6.45, 7) is 5.22. The molecule has 15 heteroatoms. The second kappa shape index (κ2) is 16.0. The number of thiazole rings is 1. The Morgan fingerprint density at radius 1 is 1.04 bits per heavy atom. The maximum Gasteiger partial charge on any atom is 0.343 e. The number of nitro benzene ring substituents is 1. The third kappa shape index (κ3) is 7.79. The second-order valence-corrected chi connectivity index (χ2v) is 12.6. The van der Waals surface area contributed by atoms with Crippen molar-refractivity contribution < 1.29 is 38.2 Å². The molecule has 3 aromatic carbocycles. The molecule has 260 valence electrons. The Kier molecular flexibility index (Phi) is 11.5. The summed E-state index contributed by atoms with van der Waals surface area (Å²) in [5.74, 6) is -0.645. The lowest BCUT2D eigenvalue weighted by molar-refractivity contribution is -0.386. The fourth-order valence-corrected chi connectivity index (χ4v) is 6.86. The molecule has 13 nitrogen and oxygen atoms in total. The third-order valence-electron chi connectivity index (χ3n) is 7.44. The zero-order valence-corrected chi connectivity index (χ0v) is 29.9. The van der Waals surface area contributed by atoms with E-state index in [2.05, 4.69) is 25.7 Å². The number of rotatable bonds is 13. The normalized spacial score (nSPS) is 14.0. The van der Waals surface area contributed by atoms with Gasteiger partial charge in [-0.3, -0.25) is 19.5 Å². The van der Waals surface area contributed by atoms with Gasteiger partial charge >= 0.3 is 17.6 Å². The molecule has 0 radical (unpaired) electrons. The number of carbonyl (C=O) groups is 2. The van der Waals surface area contributed by atoms with Crippen molar-refractivity contribution >= 4 is 51.0 Å². The Bertz CT molecular complexity index is 2160. The van der Waals surface area contributed by atoms with Crippen molar-refractivity contribution in [3.05, 3.63) is 123 Å². The summed E-state index contributed by atoms with van der Waals surface area (Å²) in [7, 11) is 1.25. The lowest BCUT2D eigenvalue weighted by Crippen LogP contribution is -2.40. The first-order valence-electron chi connectivity index (χ1n) is 15.4. The van der Waals surface area contributed by atoms with Crippen LogP contribution < -0.4 is 29.1 Å². The zero-order chi connectivity index (χ0) is 35.9. The van der Waals surface area contributed by atoms with Gasteiger partial charge in [-0.15, -0.1) is 0 Å². The van der Waals surface area contributed by atoms with Crippen molar-refractivity contribution in [2.75, 3.05) is 26.9 Å². The average molecular weight is 767 g/mol. The molecule has 1 aliphatic heterocycles. The summed E-state index contributed by atoms with van der Waals surface area (Å²) in [6.07, 6.45) is 1.53. The quantitative estimate of drug-likeness (QED) is 0.103. The average Bonchev–Trinajstić information content (AvgIpc) is 3.40. The first-order valence-corrected chi connectivity index (χ1v) is 17.0. The number of aromatic nitrogens is 1. The molecule has 1 aliphatic rings. The van der Waals surface area contributed by atoms with E-state index in [1.165, 1.54) is 23.8 Å². The van der Waals surface area contributed by atoms with Crippen LogP contribution in [0.5, 0.6) is 17.2 Å². The van der Waals surface area contributed by atoms with Gasteiger partial charge in [0.25, 0.3) is 5.56 Å². The van der Waals surface area contributed by atoms with Crippen molar-refractivity contribution in [1.82, 2.24) is 4.57 Å². The summed E-state index contributed by atoms with van der Waals surface area (Å²) < 4.78 is 29.2. The van der Waals surface area contributed by atoms with Crippen molar-refractivity contribution in [3.63, 3.8) is 0 Å².